The molecule has 0 atom stereocenters. The number of thioether (sulfide) groups is 1. The second kappa shape index (κ2) is 8.08. The highest BCUT2D eigenvalue weighted by Crippen LogP contribution is 2.27. The van der Waals surface area contributed by atoms with E-state index >= 15 is 0 Å². The van der Waals surface area contributed by atoms with Gasteiger partial charge in [-0.05, 0) is 30.7 Å². The Hall–Kier alpha value is -2.18. The maximum atomic E-state index is 12.4. The van der Waals surface area contributed by atoms with Gasteiger partial charge in [0, 0.05) is 23.0 Å². The van der Waals surface area contributed by atoms with Gasteiger partial charge in [-0.3, -0.25) is 4.98 Å². The third kappa shape index (κ3) is 4.43. The Bertz CT molecular complexity index is 819. The molecule has 0 spiro atoms. The smallest absolute Gasteiger partial charge is 0.338 e. The molecule has 3 rings (SSSR count). The van der Waals surface area contributed by atoms with E-state index in [4.69, 9.17) is 4.74 Å². The van der Waals surface area contributed by atoms with Gasteiger partial charge < -0.3 is 4.74 Å². The second-order valence-electron chi connectivity index (χ2n) is 5.10. The standard InChI is InChI=1S/C18H16N2O2S2/c1-13-11-23-18(20-13)24-12-14-6-2-3-8-16(14)17(21)22-10-15-7-4-5-9-19-15/h2-9,11H,10,12H2,1H3. The molecular weight excluding hydrogens is 340 g/mol. The number of benzene rings is 1. The largest absolute Gasteiger partial charge is 0.456 e. The van der Waals surface area contributed by atoms with Gasteiger partial charge in [0.15, 0.2) is 0 Å². The van der Waals surface area contributed by atoms with E-state index in [1.807, 2.05) is 48.7 Å². The molecule has 0 amide bonds. The lowest BCUT2D eigenvalue weighted by Crippen LogP contribution is -2.08. The summed E-state index contributed by atoms with van der Waals surface area (Å²) in [4.78, 5) is 21.0. The number of pyridine rings is 1. The number of carbonyl (C=O) groups is 1. The van der Waals surface area contributed by atoms with Gasteiger partial charge in [0.2, 0.25) is 0 Å². The van der Waals surface area contributed by atoms with Gasteiger partial charge in [0.1, 0.15) is 10.9 Å². The Morgan fingerprint density at radius 3 is 2.79 bits per heavy atom. The first kappa shape index (κ1) is 16.7. The molecule has 0 aliphatic rings. The van der Waals surface area contributed by atoms with Crippen LogP contribution in [0.2, 0.25) is 0 Å². The highest BCUT2D eigenvalue weighted by molar-refractivity contribution is 8.00. The summed E-state index contributed by atoms with van der Waals surface area (Å²) in [6.45, 7) is 2.15. The minimum Gasteiger partial charge on any atom is -0.456 e. The first-order chi connectivity index (χ1) is 11.7. The molecule has 4 nitrogen and oxygen atoms in total. The minimum absolute atomic E-state index is 0.173. The first-order valence-electron chi connectivity index (χ1n) is 7.42. The number of thiazole rings is 1. The van der Waals surface area contributed by atoms with Crippen LogP contribution in [0.4, 0.5) is 0 Å². The first-order valence-corrected chi connectivity index (χ1v) is 9.29. The molecule has 3 aromatic rings. The van der Waals surface area contributed by atoms with Crippen LogP contribution in [0.3, 0.4) is 0 Å². The highest BCUT2D eigenvalue weighted by atomic mass is 32.2. The van der Waals surface area contributed by atoms with Gasteiger partial charge in [-0.2, -0.15) is 0 Å². The summed E-state index contributed by atoms with van der Waals surface area (Å²) in [6.07, 6.45) is 1.68. The van der Waals surface area contributed by atoms with Gasteiger partial charge >= 0.3 is 5.97 Å². The van der Waals surface area contributed by atoms with Crippen molar-refractivity contribution in [1.82, 2.24) is 9.97 Å². The molecule has 24 heavy (non-hydrogen) atoms. The third-order valence-electron chi connectivity index (χ3n) is 3.26. The van der Waals surface area contributed by atoms with Gasteiger partial charge in [-0.1, -0.05) is 36.0 Å². The monoisotopic (exact) mass is 356 g/mol. The summed E-state index contributed by atoms with van der Waals surface area (Å²) in [6, 6.07) is 13.1. The van der Waals surface area contributed by atoms with Crippen LogP contribution in [-0.2, 0) is 17.1 Å². The molecule has 0 aliphatic heterocycles. The number of aryl methyl sites for hydroxylation is 1. The van der Waals surface area contributed by atoms with Gasteiger partial charge in [0.25, 0.3) is 0 Å². The number of nitrogens with zero attached hydrogens (tertiary/aromatic N) is 2. The number of ether oxygens (including phenoxy) is 1. The Morgan fingerprint density at radius 2 is 2.04 bits per heavy atom. The molecule has 0 saturated heterocycles. The van der Waals surface area contributed by atoms with Crippen molar-refractivity contribution in [3.05, 3.63) is 76.6 Å². The van der Waals surface area contributed by atoms with Crippen molar-refractivity contribution >= 4 is 29.1 Å². The van der Waals surface area contributed by atoms with Crippen LogP contribution in [0.5, 0.6) is 0 Å². The van der Waals surface area contributed by atoms with E-state index in [1.54, 1.807) is 35.4 Å². The van der Waals surface area contributed by atoms with Crippen LogP contribution in [0.15, 0.2) is 58.4 Å². The summed E-state index contributed by atoms with van der Waals surface area (Å²) in [5.41, 5.74) is 3.29. The molecule has 2 aromatic heterocycles. The molecule has 0 radical (unpaired) electrons. The van der Waals surface area contributed by atoms with Crippen LogP contribution in [-0.4, -0.2) is 15.9 Å². The third-order valence-corrected chi connectivity index (χ3v) is 5.45. The fourth-order valence-corrected chi connectivity index (χ4v) is 3.94. The fraction of sp³-hybridized carbons (Fsp3) is 0.167. The molecule has 2 heterocycles. The normalized spacial score (nSPS) is 10.5. The van der Waals surface area contributed by atoms with Gasteiger partial charge in [0.05, 0.1) is 11.3 Å². The summed E-state index contributed by atoms with van der Waals surface area (Å²) < 4.78 is 6.39. The number of hydrogen-bond acceptors (Lipinski definition) is 6. The molecule has 0 fully saturated rings. The lowest BCUT2D eigenvalue weighted by atomic mass is 10.1. The fourth-order valence-electron chi connectivity index (χ4n) is 2.08. The van der Waals surface area contributed by atoms with Crippen molar-refractivity contribution in [3.63, 3.8) is 0 Å². The zero-order chi connectivity index (χ0) is 16.8. The number of aromatic nitrogens is 2. The lowest BCUT2D eigenvalue weighted by Gasteiger charge is -2.08. The zero-order valence-electron chi connectivity index (χ0n) is 13.1. The van der Waals surface area contributed by atoms with Crippen molar-refractivity contribution in [2.24, 2.45) is 0 Å². The number of esters is 1. The van der Waals surface area contributed by atoms with Crippen molar-refractivity contribution < 1.29 is 9.53 Å². The van der Waals surface area contributed by atoms with E-state index in [1.165, 1.54) is 0 Å². The van der Waals surface area contributed by atoms with Crippen molar-refractivity contribution in [2.75, 3.05) is 0 Å². The number of carbonyl (C=O) groups excluding carboxylic acids is 1. The average molecular weight is 356 g/mol. The maximum Gasteiger partial charge on any atom is 0.338 e. The van der Waals surface area contributed by atoms with E-state index in [0.717, 1.165) is 21.3 Å². The molecule has 0 N–H and O–H groups in total. The molecule has 0 aliphatic carbocycles. The summed E-state index contributed by atoms with van der Waals surface area (Å²) in [5.74, 6) is 0.356. The Morgan fingerprint density at radius 1 is 1.21 bits per heavy atom. The molecule has 1 aromatic carbocycles. The molecule has 0 saturated carbocycles. The Labute approximate surface area is 148 Å². The molecule has 0 bridgehead atoms. The minimum atomic E-state index is -0.327. The van der Waals surface area contributed by atoms with Crippen LogP contribution < -0.4 is 0 Å². The van der Waals surface area contributed by atoms with E-state index in [9.17, 15) is 4.79 Å². The predicted molar refractivity (Wildman–Crippen MR) is 96.2 cm³/mol. The quantitative estimate of drug-likeness (QED) is 0.481. The zero-order valence-corrected chi connectivity index (χ0v) is 14.8. The number of rotatable bonds is 6. The van der Waals surface area contributed by atoms with Crippen LogP contribution in [0, 0.1) is 6.92 Å². The van der Waals surface area contributed by atoms with Crippen LogP contribution in [0.25, 0.3) is 0 Å². The average Bonchev–Trinajstić information content (AvgIpc) is 3.04. The molecule has 6 heteroatoms. The molecule has 122 valence electrons. The number of hydrogen-bond donors (Lipinski definition) is 0. The lowest BCUT2D eigenvalue weighted by molar-refractivity contribution is 0.0467. The van der Waals surface area contributed by atoms with E-state index in [2.05, 4.69) is 9.97 Å². The summed E-state index contributed by atoms with van der Waals surface area (Å²) in [5, 5.41) is 2.02. The van der Waals surface area contributed by atoms with E-state index < -0.39 is 0 Å². The van der Waals surface area contributed by atoms with Crippen LogP contribution in [0.1, 0.15) is 27.3 Å². The van der Waals surface area contributed by atoms with Crippen molar-refractivity contribution in [2.45, 2.75) is 23.6 Å². The van der Waals surface area contributed by atoms with E-state index in [0.29, 0.717) is 11.3 Å². The SMILES string of the molecule is Cc1csc(SCc2ccccc2C(=O)OCc2ccccn2)n1. The summed E-state index contributed by atoms with van der Waals surface area (Å²) in [7, 11) is 0. The molecular formula is C18H16N2O2S2. The van der Waals surface area contributed by atoms with Gasteiger partial charge in [-0.25, -0.2) is 9.78 Å². The summed E-state index contributed by atoms with van der Waals surface area (Å²) >= 11 is 3.25. The Kier molecular flexibility index (Phi) is 5.61. The second-order valence-corrected chi connectivity index (χ2v) is 7.18. The van der Waals surface area contributed by atoms with Crippen molar-refractivity contribution in [3.8, 4) is 0 Å². The van der Waals surface area contributed by atoms with Crippen molar-refractivity contribution in [1.29, 1.82) is 0 Å². The Balaban J connectivity index is 1.65. The molecule has 0 unspecified atom stereocenters. The topological polar surface area (TPSA) is 52.1 Å². The maximum absolute atomic E-state index is 12.4. The van der Waals surface area contributed by atoms with Crippen LogP contribution >= 0.6 is 23.1 Å². The van der Waals surface area contributed by atoms with E-state index in [-0.39, 0.29) is 12.6 Å². The predicted octanol–water partition coefficient (Wildman–Crippen LogP) is 4.50. The highest BCUT2D eigenvalue weighted by Gasteiger charge is 2.13. The van der Waals surface area contributed by atoms with Gasteiger partial charge in [-0.15, -0.1) is 11.3 Å².